The lowest BCUT2D eigenvalue weighted by molar-refractivity contribution is -0.147. The minimum Gasteiger partial charge on any atom is -0.480 e. The summed E-state index contributed by atoms with van der Waals surface area (Å²) in [6.07, 6.45) is 0.224. The van der Waals surface area contributed by atoms with E-state index in [1.54, 1.807) is 0 Å². The molecule has 0 aromatic heterocycles. The third-order valence-electron chi connectivity index (χ3n) is 3.42. The number of aliphatic hydroxyl groups is 1. The van der Waals surface area contributed by atoms with Gasteiger partial charge >= 0.3 is 5.97 Å². The molecule has 2 atom stereocenters. The van der Waals surface area contributed by atoms with Gasteiger partial charge < -0.3 is 10.2 Å². The Bertz CT molecular complexity index is 250. The van der Waals surface area contributed by atoms with Gasteiger partial charge in [0.05, 0.1) is 6.10 Å². The molecule has 0 radical (unpaired) electrons. The van der Waals surface area contributed by atoms with E-state index in [9.17, 15) is 15.0 Å². The van der Waals surface area contributed by atoms with Crippen molar-refractivity contribution in [3.63, 3.8) is 0 Å². The van der Waals surface area contributed by atoms with Crippen LogP contribution in [0.25, 0.3) is 0 Å². The monoisotopic (exact) mass is 215 g/mol. The maximum Gasteiger partial charge on any atom is 0.321 e. The van der Waals surface area contributed by atoms with Crippen LogP contribution >= 0.6 is 0 Å². The molecular formula is C11H21NO3. The van der Waals surface area contributed by atoms with Crippen LogP contribution in [0.1, 0.15) is 34.1 Å². The zero-order chi connectivity index (χ0) is 11.8. The molecule has 2 unspecified atom stereocenters. The van der Waals surface area contributed by atoms with E-state index in [1.165, 1.54) is 0 Å². The van der Waals surface area contributed by atoms with Gasteiger partial charge in [0.1, 0.15) is 6.04 Å². The zero-order valence-corrected chi connectivity index (χ0v) is 9.90. The van der Waals surface area contributed by atoms with Crippen molar-refractivity contribution in [1.82, 2.24) is 4.90 Å². The maximum atomic E-state index is 11.2. The van der Waals surface area contributed by atoms with Crippen LogP contribution in [0.4, 0.5) is 0 Å². The molecule has 0 aromatic carbocycles. The Morgan fingerprint density at radius 3 is 2.27 bits per heavy atom. The number of aliphatic carboxylic acids is 1. The SMILES string of the molecule is CC(C)C(C(=O)O)N1CCC(O)C1(C)C. The predicted octanol–water partition coefficient (Wildman–Crippen LogP) is 0.941. The van der Waals surface area contributed by atoms with Crippen LogP contribution in [0.15, 0.2) is 0 Å². The highest BCUT2D eigenvalue weighted by Crippen LogP contribution is 2.32. The fourth-order valence-corrected chi connectivity index (χ4v) is 2.37. The average molecular weight is 215 g/mol. The second-order valence-electron chi connectivity index (χ2n) is 5.18. The minimum atomic E-state index is -0.799. The lowest BCUT2D eigenvalue weighted by Crippen LogP contribution is -2.54. The topological polar surface area (TPSA) is 60.8 Å². The molecule has 0 spiro atoms. The molecule has 0 saturated carbocycles. The molecular weight excluding hydrogens is 194 g/mol. The van der Waals surface area contributed by atoms with Crippen molar-refractivity contribution in [3.05, 3.63) is 0 Å². The van der Waals surface area contributed by atoms with E-state index in [1.807, 2.05) is 32.6 Å². The van der Waals surface area contributed by atoms with Crippen LogP contribution < -0.4 is 0 Å². The van der Waals surface area contributed by atoms with Gasteiger partial charge in [-0.1, -0.05) is 13.8 Å². The number of aliphatic hydroxyl groups excluding tert-OH is 1. The lowest BCUT2D eigenvalue weighted by Gasteiger charge is -2.39. The molecule has 0 amide bonds. The van der Waals surface area contributed by atoms with Gasteiger partial charge in [-0.15, -0.1) is 0 Å². The molecule has 15 heavy (non-hydrogen) atoms. The normalized spacial score (nSPS) is 28.3. The summed E-state index contributed by atoms with van der Waals surface area (Å²) < 4.78 is 0. The smallest absolute Gasteiger partial charge is 0.321 e. The lowest BCUT2D eigenvalue weighted by atomic mass is 9.94. The number of hydrogen-bond donors (Lipinski definition) is 2. The minimum absolute atomic E-state index is 0.0482. The third kappa shape index (κ3) is 2.16. The van der Waals surface area contributed by atoms with Crippen molar-refractivity contribution in [2.24, 2.45) is 5.92 Å². The molecule has 0 aromatic rings. The van der Waals surface area contributed by atoms with Crippen molar-refractivity contribution in [1.29, 1.82) is 0 Å². The summed E-state index contributed by atoms with van der Waals surface area (Å²) in [7, 11) is 0. The third-order valence-corrected chi connectivity index (χ3v) is 3.42. The van der Waals surface area contributed by atoms with Crippen molar-refractivity contribution < 1.29 is 15.0 Å². The van der Waals surface area contributed by atoms with E-state index in [0.29, 0.717) is 13.0 Å². The molecule has 1 aliphatic heterocycles. The second kappa shape index (κ2) is 4.10. The average Bonchev–Trinajstić information content (AvgIpc) is 2.30. The predicted molar refractivity (Wildman–Crippen MR) is 57.7 cm³/mol. The van der Waals surface area contributed by atoms with E-state index in [0.717, 1.165) is 0 Å². The van der Waals surface area contributed by atoms with E-state index >= 15 is 0 Å². The zero-order valence-electron chi connectivity index (χ0n) is 9.90. The number of hydrogen-bond acceptors (Lipinski definition) is 3. The Hall–Kier alpha value is -0.610. The molecule has 88 valence electrons. The molecule has 1 heterocycles. The van der Waals surface area contributed by atoms with Crippen molar-refractivity contribution in [2.75, 3.05) is 6.54 Å². The van der Waals surface area contributed by atoms with Crippen LogP contribution in [0.5, 0.6) is 0 Å². The largest absolute Gasteiger partial charge is 0.480 e. The van der Waals surface area contributed by atoms with E-state index in [4.69, 9.17) is 0 Å². The Morgan fingerprint density at radius 1 is 1.47 bits per heavy atom. The Morgan fingerprint density at radius 2 is 2.00 bits per heavy atom. The standard InChI is InChI=1S/C11H21NO3/c1-7(2)9(10(14)15)12-6-5-8(13)11(12,3)4/h7-9,13H,5-6H2,1-4H3,(H,14,15). The second-order valence-corrected chi connectivity index (χ2v) is 5.18. The Labute approximate surface area is 90.9 Å². The Balaban J connectivity index is 2.91. The number of carbonyl (C=O) groups is 1. The summed E-state index contributed by atoms with van der Waals surface area (Å²) in [5, 5.41) is 19.0. The fourth-order valence-electron chi connectivity index (χ4n) is 2.37. The molecule has 0 aliphatic carbocycles. The fraction of sp³-hybridized carbons (Fsp3) is 0.909. The highest BCUT2D eigenvalue weighted by molar-refractivity contribution is 5.74. The summed E-state index contributed by atoms with van der Waals surface area (Å²) >= 11 is 0. The number of rotatable bonds is 3. The Kier molecular flexibility index (Phi) is 3.41. The van der Waals surface area contributed by atoms with Gasteiger partial charge in [0.25, 0.3) is 0 Å². The summed E-state index contributed by atoms with van der Waals surface area (Å²) in [6.45, 7) is 8.27. The quantitative estimate of drug-likeness (QED) is 0.735. The summed E-state index contributed by atoms with van der Waals surface area (Å²) in [4.78, 5) is 13.1. The van der Waals surface area contributed by atoms with Crippen LogP contribution in [-0.2, 0) is 4.79 Å². The van der Waals surface area contributed by atoms with E-state index in [-0.39, 0.29) is 5.92 Å². The molecule has 1 rings (SSSR count). The van der Waals surface area contributed by atoms with Crippen LogP contribution in [0.2, 0.25) is 0 Å². The van der Waals surface area contributed by atoms with Crippen LogP contribution in [-0.4, -0.2) is 45.3 Å². The van der Waals surface area contributed by atoms with E-state index < -0.39 is 23.7 Å². The molecule has 4 heteroatoms. The molecule has 1 saturated heterocycles. The van der Waals surface area contributed by atoms with Gasteiger partial charge in [0.2, 0.25) is 0 Å². The number of carboxylic acid groups (broad SMARTS) is 1. The van der Waals surface area contributed by atoms with Gasteiger partial charge in [-0.25, -0.2) is 0 Å². The molecule has 1 fully saturated rings. The van der Waals surface area contributed by atoms with Gasteiger partial charge in [0, 0.05) is 12.1 Å². The van der Waals surface area contributed by atoms with Crippen molar-refractivity contribution in [3.8, 4) is 0 Å². The molecule has 2 N–H and O–H groups in total. The molecule has 1 aliphatic rings. The number of nitrogens with zero attached hydrogens (tertiary/aromatic N) is 1. The van der Waals surface area contributed by atoms with Gasteiger partial charge in [-0.3, -0.25) is 9.69 Å². The maximum absolute atomic E-state index is 11.2. The summed E-state index contributed by atoms with van der Waals surface area (Å²) in [6, 6.07) is -0.503. The van der Waals surface area contributed by atoms with Gasteiger partial charge in [-0.05, 0) is 26.2 Å². The highest BCUT2D eigenvalue weighted by atomic mass is 16.4. The molecule has 0 bridgehead atoms. The van der Waals surface area contributed by atoms with E-state index in [2.05, 4.69) is 0 Å². The highest BCUT2D eigenvalue weighted by Gasteiger charge is 2.46. The van der Waals surface area contributed by atoms with Gasteiger partial charge in [-0.2, -0.15) is 0 Å². The number of carboxylic acids is 1. The first kappa shape index (κ1) is 12.5. The van der Waals surface area contributed by atoms with Crippen molar-refractivity contribution in [2.45, 2.75) is 51.8 Å². The first-order chi connectivity index (χ1) is 6.78. The van der Waals surface area contributed by atoms with Crippen LogP contribution in [0, 0.1) is 5.92 Å². The first-order valence-electron chi connectivity index (χ1n) is 5.46. The summed E-state index contributed by atoms with van der Waals surface area (Å²) in [5.41, 5.74) is -0.437. The molecule has 4 nitrogen and oxygen atoms in total. The number of likely N-dealkylation sites (tertiary alicyclic amines) is 1. The summed E-state index contributed by atoms with van der Waals surface area (Å²) in [5.74, 6) is -0.751. The first-order valence-corrected chi connectivity index (χ1v) is 5.46. The van der Waals surface area contributed by atoms with Crippen LogP contribution in [0.3, 0.4) is 0 Å². The van der Waals surface area contributed by atoms with Crippen molar-refractivity contribution >= 4 is 5.97 Å². The van der Waals surface area contributed by atoms with Gasteiger partial charge in [0.15, 0.2) is 0 Å².